The summed E-state index contributed by atoms with van der Waals surface area (Å²) in [6, 6.07) is 11.9. The van der Waals surface area contributed by atoms with Crippen LogP contribution in [-0.4, -0.2) is 25.5 Å². The van der Waals surface area contributed by atoms with Crippen LogP contribution in [0, 0.1) is 0 Å². The molecule has 126 valence electrons. The standard InChI is InChI=1S/C18H19BrN2O3/c1-3-10-20-17(22)12-4-7-14(8-5-12)21-18(23)13-6-9-16(24-2)15(19)11-13/h4-9,11H,3,10H2,1-2H3,(H,20,22)(H,21,23). The number of anilines is 1. The number of hydrogen-bond acceptors (Lipinski definition) is 3. The summed E-state index contributed by atoms with van der Waals surface area (Å²) in [4.78, 5) is 24.1. The average molecular weight is 391 g/mol. The number of benzene rings is 2. The van der Waals surface area contributed by atoms with Gasteiger partial charge in [0.05, 0.1) is 11.6 Å². The fourth-order valence-corrected chi connectivity index (χ4v) is 2.60. The maximum absolute atomic E-state index is 12.3. The molecule has 6 heteroatoms. The fourth-order valence-electron chi connectivity index (χ4n) is 2.06. The number of ether oxygens (including phenoxy) is 1. The van der Waals surface area contributed by atoms with Crippen LogP contribution in [0.15, 0.2) is 46.9 Å². The predicted octanol–water partition coefficient (Wildman–Crippen LogP) is 3.85. The Kier molecular flexibility index (Phi) is 6.37. The predicted molar refractivity (Wildman–Crippen MR) is 97.7 cm³/mol. The van der Waals surface area contributed by atoms with Crippen LogP contribution in [0.5, 0.6) is 5.75 Å². The Morgan fingerprint density at radius 2 is 1.71 bits per heavy atom. The highest BCUT2D eigenvalue weighted by Gasteiger charge is 2.10. The zero-order valence-corrected chi connectivity index (χ0v) is 15.1. The fraction of sp³-hybridized carbons (Fsp3) is 0.222. The minimum atomic E-state index is -0.235. The molecule has 0 saturated carbocycles. The first-order chi connectivity index (χ1) is 11.5. The maximum atomic E-state index is 12.3. The topological polar surface area (TPSA) is 67.4 Å². The molecule has 0 aliphatic carbocycles. The lowest BCUT2D eigenvalue weighted by atomic mass is 10.1. The molecule has 0 aliphatic heterocycles. The van der Waals surface area contributed by atoms with Gasteiger partial charge in [-0.15, -0.1) is 0 Å². The number of amides is 2. The summed E-state index contributed by atoms with van der Waals surface area (Å²) in [5.41, 5.74) is 1.69. The third-order valence-corrected chi connectivity index (χ3v) is 3.97. The van der Waals surface area contributed by atoms with E-state index in [9.17, 15) is 9.59 Å². The van der Waals surface area contributed by atoms with Crippen LogP contribution in [0.25, 0.3) is 0 Å². The second-order valence-electron chi connectivity index (χ2n) is 5.14. The van der Waals surface area contributed by atoms with Crippen LogP contribution in [-0.2, 0) is 0 Å². The number of methoxy groups -OCH3 is 1. The highest BCUT2D eigenvalue weighted by Crippen LogP contribution is 2.25. The van der Waals surface area contributed by atoms with Crippen molar-refractivity contribution < 1.29 is 14.3 Å². The molecule has 0 radical (unpaired) electrons. The molecular formula is C18H19BrN2O3. The van der Waals surface area contributed by atoms with Crippen LogP contribution in [0.4, 0.5) is 5.69 Å². The molecule has 2 N–H and O–H groups in total. The first-order valence-corrected chi connectivity index (χ1v) is 8.37. The highest BCUT2D eigenvalue weighted by molar-refractivity contribution is 9.10. The van der Waals surface area contributed by atoms with E-state index < -0.39 is 0 Å². The molecule has 0 heterocycles. The molecule has 0 atom stereocenters. The molecule has 0 unspecified atom stereocenters. The molecule has 2 aromatic rings. The first-order valence-electron chi connectivity index (χ1n) is 7.58. The van der Waals surface area contributed by atoms with Gasteiger partial charge >= 0.3 is 0 Å². The highest BCUT2D eigenvalue weighted by atomic mass is 79.9. The molecule has 0 saturated heterocycles. The number of rotatable bonds is 6. The van der Waals surface area contributed by atoms with Gasteiger partial charge in [0, 0.05) is 23.4 Å². The number of hydrogen-bond donors (Lipinski definition) is 2. The Bertz CT molecular complexity index is 730. The summed E-state index contributed by atoms with van der Waals surface area (Å²) in [6.07, 6.45) is 0.886. The van der Waals surface area contributed by atoms with E-state index in [0.29, 0.717) is 33.6 Å². The Morgan fingerprint density at radius 3 is 2.29 bits per heavy atom. The number of carbonyl (C=O) groups is 2. The van der Waals surface area contributed by atoms with E-state index in [1.807, 2.05) is 6.92 Å². The summed E-state index contributed by atoms with van der Waals surface area (Å²) in [5.74, 6) is 0.310. The minimum Gasteiger partial charge on any atom is -0.496 e. The van der Waals surface area contributed by atoms with E-state index in [4.69, 9.17) is 4.74 Å². The van der Waals surface area contributed by atoms with Gasteiger partial charge in [0.2, 0.25) is 0 Å². The zero-order valence-electron chi connectivity index (χ0n) is 13.6. The Labute approximate surface area is 149 Å². The maximum Gasteiger partial charge on any atom is 0.255 e. The Balaban J connectivity index is 2.04. The van der Waals surface area contributed by atoms with Crippen LogP contribution in [0.2, 0.25) is 0 Å². The number of nitrogens with one attached hydrogen (secondary N) is 2. The van der Waals surface area contributed by atoms with E-state index >= 15 is 0 Å². The Morgan fingerprint density at radius 1 is 1.04 bits per heavy atom. The van der Waals surface area contributed by atoms with E-state index in [0.717, 1.165) is 6.42 Å². The van der Waals surface area contributed by atoms with E-state index in [-0.39, 0.29) is 11.8 Å². The molecule has 0 aliphatic rings. The van der Waals surface area contributed by atoms with Gasteiger partial charge in [0.1, 0.15) is 5.75 Å². The minimum absolute atomic E-state index is 0.117. The summed E-state index contributed by atoms with van der Waals surface area (Å²) in [6.45, 7) is 2.64. The molecule has 5 nitrogen and oxygen atoms in total. The molecular weight excluding hydrogens is 372 g/mol. The largest absolute Gasteiger partial charge is 0.496 e. The lowest BCUT2D eigenvalue weighted by Crippen LogP contribution is -2.23. The number of carbonyl (C=O) groups excluding carboxylic acids is 2. The third kappa shape index (κ3) is 4.58. The lowest BCUT2D eigenvalue weighted by Gasteiger charge is -2.09. The first kappa shape index (κ1) is 18.0. The van der Waals surface area contributed by atoms with Crippen molar-refractivity contribution in [3.8, 4) is 5.75 Å². The molecule has 24 heavy (non-hydrogen) atoms. The third-order valence-electron chi connectivity index (χ3n) is 3.35. The van der Waals surface area contributed by atoms with Crippen LogP contribution < -0.4 is 15.4 Å². The van der Waals surface area contributed by atoms with Gasteiger partial charge < -0.3 is 15.4 Å². The lowest BCUT2D eigenvalue weighted by molar-refractivity contribution is 0.0953. The van der Waals surface area contributed by atoms with E-state index in [1.165, 1.54) is 0 Å². The van der Waals surface area contributed by atoms with Crippen molar-refractivity contribution in [1.29, 1.82) is 0 Å². The van der Waals surface area contributed by atoms with Gasteiger partial charge in [0.15, 0.2) is 0 Å². The zero-order chi connectivity index (χ0) is 17.5. The quantitative estimate of drug-likeness (QED) is 0.786. The molecule has 0 spiro atoms. The van der Waals surface area contributed by atoms with E-state index in [1.54, 1.807) is 49.6 Å². The monoisotopic (exact) mass is 390 g/mol. The van der Waals surface area contributed by atoms with Crippen molar-refractivity contribution in [2.24, 2.45) is 0 Å². The van der Waals surface area contributed by atoms with Gasteiger partial charge in [-0.2, -0.15) is 0 Å². The smallest absolute Gasteiger partial charge is 0.255 e. The molecule has 0 bridgehead atoms. The normalized spacial score (nSPS) is 10.1. The van der Waals surface area contributed by atoms with Crippen molar-refractivity contribution in [3.63, 3.8) is 0 Å². The van der Waals surface area contributed by atoms with Gasteiger partial charge in [-0.05, 0) is 64.8 Å². The second kappa shape index (κ2) is 8.49. The number of halogens is 1. The second-order valence-corrected chi connectivity index (χ2v) is 5.99. The molecule has 0 fully saturated rings. The van der Waals surface area contributed by atoms with Gasteiger partial charge in [-0.1, -0.05) is 6.92 Å². The van der Waals surface area contributed by atoms with Crippen molar-refractivity contribution >= 4 is 33.4 Å². The molecule has 2 rings (SSSR count). The van der Waals surface area contributed by atoms with Crippen molar-refractivity contribution in [2.75, 3.05) is 19.0 Å². The summed E-state index contributed by atoms with van der Waals surface area (Å²) in [5, 5.41) is 5.61. The average Bonchev–Trinajstić information content (AvgIpc) is 2.60. The van der Waals surface area contributed by atoms with E-state index in [2.05, 4.69) is 26.6 Å². The van der Waals surface area contributed by atoms with Gasteiger partial charge in [-0.25, -0.2) is 0 Å². The molecule has 0 aromatic heterocycles. The van der Waals surface area contributed by atoms with Crippen molar-refractivity contribution in [3.05, 3.63) is 58.1 Å². The van der Waals surface area contributed by atoms with Crippen LogP contribution in [0.3, 0.4) is 0 Å². The van der Waals surface area contributed by atoms with Crippen LogP contribution >= 0.6 is 15.9 Å². The van der Waals surface area contributed by atoms with Gasteiger partial charge in [-0.3, -0.25) is 9.59 Å². The summed E-state index contributed by atoms with van der Waals surface area (Å²) in [7, 11) is 1.57. The molecule has 2 amide bonds. The SMILES string of the molecule is CCCNC(=O)c1ccc(NC(=O)c2ccc(OC)c(Br)c2)cc1. The summed E-state index contributed by atoms with van der Waals surface area (Å²) < 4.78 is 5.85. The molecule has 2 aromatic carbocycles. The van der Waals surface area contributed by atoms with Crippen molar-refractivity contribution in [1.82, 2.24) is 5.32 Å². The Hall–Kier alpha value is -2.34. The van der Waals surface area contributed by atoms with Gasteiger partial charge in [0.25, 0.3) is 11.8 Å². The van der Waals surface area contributed by atoms with Crippen LogP contribution in [0.1, 0.15) is 34.1 Å². The van der Waals surface area contributed by atoms with Crippen molar-refractivity contribution in [2.45, 2.75) is 13.3 Å². The summed E-state index contributed by atoms with van der Waals surface area (Å²) >= 11 is 3.36.